The van der Waals surface area contributed by atoms with Gasteiger partial charge < -0.3 is 15.8 Å². The minimum atomic E-state index is -3.56. The number of hydrogen-bond acceptors (Lipinski definition) is 5. The minimum absolute atomic E-state index is 0.0116. The van der Waals surface area contributed by atoms with Crippen LogP contribution < -0.4 is 11.1 Å². The number of nitrogen functional groups attached to an aromatic ring is 1. The molecule has 106 valence electrons. The molecule has 0 spiro atoms. The normalized spacial score (nSPS) is 11.3. The van der Waals surface area contributed by atoms with Crippen LogP contribution >= 0.6 is 0 Å². The first-order chi connectivity index (χ1) is 8.84. The molecule has 0 heterocycles. The van der Waals surface area contributed by atoms with E-state index >= 15 is 0 Å². The summed E-state index contributed by atoms with van der Waals surface area (Å²) in [6, 6.07) is 3.44. The van der Waals surface area contributed by atoms with Crippen molar-refractivity contribution in [2.75, 3.05) is 36.3 Å². The highest BCUT2D eigenvalue weighted by Gasteiger charge is 2.17. The van der Waals surface area contributed by atoms with Crippen LogP contribution in [0.25, 0.3) is 0 Å². The highest BCUT2D eigenvalue weighted by molar-refractivity contribution is 7.92. The fourth-order valence-electron chi connectivity index (χ4n) is 1.31. The third-order valence-electron chi connectivity index (χ3n) is 2.24. The number of sulfone groups is 1. The Morgan fingerprint density at radius 3 is 2.79 bits per heavy atom. The number of benzene rings is 1. The third-order valence-corrected chi connectivity index (χ3v) is 3.73. The lowest BCUT2D eigenvalue weighted by atomic mass is 10.2. The summed E-state index contributed by atoms with van der Waals surface area (Å²) in [7, 11) is -2.19. The number of nitrogens with one attached hydrogen (secondary N) is 1. The highest BCUT2D eigenvalue weighted by atomic mass is 32.2. The molecule has 0 aromatic heterocycles. The van der Waals surface area contributed by atoms with Crippen LogP contribution in [0.1, 0.15) is 0 Å². The smallest absolute Gasteiger partial charge is 0.239 e. The van der Waals surface area contributed by atoms with E-state index in [0.717, 1.165) is 12.1 Å². The van der Waals surface area contributed by atoms with Crippen LogP contribution in [0.15, 0.2) is 18.2 Å². The minimum Gasteiger partial charge on any atom is -0.397 e. The number of nitrogens with two attached hydrogens (primary N) is 1. The van der Waals surface area contributed by atoms with Gasteiger partial charge in [-0.15, -0.1) is 0 Å². The number of carbonyl (C=O) groups excluding carboxylic acids is 1. The molecule has 1 aromatic carbocycles. The van der Waals surface area contributed by atoms with Crippen molar-refractivity contribution in [3.05, 3.63) is 24.0 Å². The predicted octanol–water partition coefficient (Wildman–Crippen LogP) is 0.408. The molecule has 19 heavy (non-hydrogen) atoms. The van der Waals surface area contributed by atoms with E-state index in [1.54, 1.807) is 0 Å². The quantitative estimate of drug-likeness (QED) is 0.739. The number of carbonyl (C=O) groups is 1. The average molecular weight is 290 g/mol. The maximum Gasteiger partial charge on any atom is 0.239 e. The number of hydrogen-bond donors (Lipinski definition) is 2. The van der Waals surface area contributed by atoms with E-state index < -0.39 is 27.3 Å². The lowest BCUT2D eigenvalue weighted by Gasteiger charge is -2.08. The number of amides is 1. The van der Waals surface area contributed by atoms with Gasteiger partial charge in [0.25, 0.3) is 0 Å². The van der Waals surface area contributed by atoms with Crippen molar-refractivity contribution in [1.82, 2.24) is 0 Å². The lowest BCUT2D eigenvalue weighted by Crippen LogP contribution is -2.26. The molecular formula is C11H15FN2O4S. The molecule has 1 rings (SSSR count). The fraction of sp³-hybridized carbons (Fsp3) is 0.364. The van der Waals surface area contributed by atoms with Gasteiger partial charge in [0.05, 0.1) is 23.7 Å². The number of rotatable bonds is 6. The van der Waals surface area contributed by atoms with Crippen molar-refractivity contribution in [2.45, 2.75) is 0 Å². The summed E-state index contributed by atoms with van der Waals surface area (Å²) in [6.45, 7) is 0.0116. The van der Waals surface area contributed by atoms with Gasteiger partial charge >= 0.3 is 0 Å². The maximum absolute atomic E-state index is 13.0. The third kappa shape index (κ3) is 5.23. The average Bonchev–Trinajstić information content (AvgIpc) is 2.30. The Morgan fingerprint density at radius 2 is 2.16 bits per heavy atom. The lowest BCUT2D eigenvalue weighted by molar-refractivity contribution is -0.113. The van der Waals surface area contributed by atoms with Crippen molar-refractivity contribution < 1.29 is 22.3 Å². The van der Waals surface area contributed by atoms with E-state index in [9.17, 15) is 17.6 Å². The molecule has 0 unspecified atom stereocenters. The molecule has 0 bridgehead atoms. The monoisotopic (exact) mass is 290 g/mol. The first-order valence-corrected chi connectivity index (χ1v) is 7.20. The van der Waals surface area contributed by atoms with Crippen molar-refractivity contribution in [2.24, 2.45) is 0 Å². The number of methoxy groups -OCH3 is 1. The van der Waals surface area contributed by atoms with Gasteiger partial charge in [0.2, 0.25) is 5.91 Å². The van der Waals surface area contributed by atoms with Gasteiger partial charge in [-0.3, -0.25) is 4.79 Å². The summed E-state index contributed by atoms with van der Waals surface area (Å²) in [5.74, 6) is -2.30. The second-order valence-corrected chi connectivity index (χ2v) is 6.05. The zero-order chi connectivity index (χ0) is 14.5. The molecule has 8 heteroatoms. The van der Waals surface area contributed by atoms with Crippen LogP contribution in [0.4, 0.5) is 15.8 Å². The first kappa shape index (κ1) is 15.4. The molecule has 3 N–H and O–H groups in total. The molecule has 0 aliphatic rings. The molecule has 1 amide bonds. The fourth-order valence-corrected chi connectivity index (χ4v) is 2.34. The van der Waals surface area contributed by atoms with E-state index in [1.807, 2.05) is 0 Å². The van der Waals surface area contributed by atoms with Crippen molar-refractivity contribution >= 4 is 27.1 Å². The topological polar surface area (TPSA) is 98.5 Å². The molecule has 1 aromatic rings. The van der Waals surface area contributed by atoms with Crippen LogP contribution in [0.3, 0.4) is 0 Å². The molecule has 0 aliphatic carbocycles. The van der Waals surface area contributed by atoms with Crippen molar-refractivity contribution in [3.63, 3.8) is 0 Å². The highest BCUT2D eigenvalue weighted by Crippen LogP contribution is 2.19. The summed E-state index contributed by atoms with van der Waals surface area (Å²) in [5, 5.41) is 2.26. The van der Waals surface area contributed by atoms with Gasteiger partial charge in [-0.25, -0.2) is 12.8 Å². The van der Waals surface area contributed by atoms with Gasteiger partial charge in [0.15, 0.2) is 9.84 Å². The Morgan fingerprint density at radius 1 is 1.47 bits per heavy atom. The van der Waals surface area contributed by atoms with Crippen LogP contribution in [0, 0.1) is 5.82 Å². The van der Waals surface area contributed by atoms with Crippen LogP contribution in [-0.4, -0.2) is 39.5 Å². The van der Waals surface area contributed by atoms with Gasteiger partial charge in [-0.05, 0) is 18.2 Å². The van der Waals surface area contributed by atoms with E-state index in [2.05, 4.69) is 10.1 Å². The summed E-state index contributed by atoms with van der Waals surface area (Å²) >= 11 is 0. The van der Waals surface area contributed by atoms with E-state index in [4.69, 9.17) is 5.73 Å². The number of ether oxygens (including phenoxy) is 1. The molecule has 6 nitrogen and oxygen atoms in total. The summed E-state index contributed by atoms with van der Waals surface area (Å²) in [6.07, 6.45) is 0. The molecule has 0 saturated heterocycles. The Labute approximate surface area is 110 Å². The second-order valence-electron chi connectivity index (χ2n) is 3.86. The predicted molar refractivity (Wildman–Crippen MR) is 70.0 cm³/mol. The second kappa shape index (κ2) is 6.48. The first-order valence-electron chi connectivity index (χ1n) is 5.38. The van der Waals surface area contributed by atoms with Crippen molar-refractivity contribution in [3.8, 4) is 0 Å². The van der Waals surface area contributed by atoms with E-state index in [0.29, 0.717) is 0 Å². The molecule has 0 aliphatic heterocycles. The Balaban J connectivity index is 2.68. The molecule has 0 fully saturated rings. The molecular weight excluding hydrogens is 275 g/mol. The Hall–Kier alpha value is -1.67. The number of halogens is 1. The van der Waals surface area contributed by atoms with E-state index in [1.165, 1.54) is 13.2 Å². The number of anilines is 2. The SMILES string of the molecule is COCCS(=O)(=O)CC(=O)Nc1cc(F)ccc1N. The summed E-state index contributed by atoms with van der Waals surface area (Å²) in [5.41, 5.74) is 5.74. The summed E-state index contributed by atoms with van der Waals surface area (Å²) in [4.78, 5) is 11.5. The molecule has 0 saturated carbocycles. The van der Waals surface area contributed by atoms with Crippen molar-refractivity contribution in [1.29, 1.82) is 0 Å². The van der Waals surface area contributed by atoms with Gasteiger partial charge in [-0.2, -0.15) is 0 Å². The van der Waals surface area contributed by atoms with Crippen LogP contribution in [0.5, 0.6) is 0 Å². The Bertz CT molecular complexity index is 560. The maximum atomic E-state index is 13.0. The van der Waals surface area contributed by atoms with Gasteiger partial charge in [-0.1, -0.05) is 0 Å². The van der Waals surface area contributed by atoms with Gasteiger partial charge in [0.1, 0.15) is 11.6 Å². The van der Waals surface area contributed by atoms with E-state index in [-0.39, 0.29) is 23.7 Å². The molecule has 0 radical (unpaired) electrons. The zero-order valence-electron chi connectivity index (χ0n) is 10.3. The standard InChI is InChI=1S/C11H15FN2O4S/c1-18-4-5-19(16,17)7-11(15)14-10-6-8(12)2-3-9(10)13/h2-3,6H,4-5,7,13H2,1H3,(H,14,15). The largest absolute Gasteiger partial charge is 0.397 e. The van der Waals surface area contributed by atoms with Crippen LogP contribution in [0.2, 0.25) is 0 Å². The zero-order valence-corrected chi connectivity index (χ0v) is 11.2. The Kier molecular flexibility index (Phi) is 5.25. The van der Waals surface area contributed by atoms with Gasteiger partial charge in [0, 0.05) is 7.11 Å². The summed E-state index contributed by atoms with van der Waals surface area (Å²) < 4.78 is 40.6. The van der Waals surface area contributed by atoms with Crippen LogP contribution in [-0.2, 0) is 19.4 Å². The molecule has 0 atom stereocenters.